The normalized spacial score (nSPS) is 16.9. The van der Waals surface area contributed by atoms with Crippen LogP contribution in [0, 0.1) is 0 Å². The topological polar surface area (TPSA) is 38.2 Å². The molecule has 122 valence electrons. The van der Waals surface area contributed by atoms with Crippen LogP contribution in [-0.2, 0) is 19.4 Å². The molecule has 1 aromatic carbocycles. The molecule has 0 amide bonds. The minimum Gasteiger partial charge on any atom is -0.487 e. The Balaban J connectivity index is 1.63. The van der Waals surface area contributed by atoms with Crippen LogP contribution in [-0.4, -0.2) is 33.6 Å². The van der Waals surface area contributed by atoms with E-state index in [2.05, 4.69) is 60.9 Å². The number of rotatable bonds is 5. The molecule has 1 unspecified atom stereocenters. The van der Waals surface area contributed by atoms with Crippen LogP contribution in [0.25, 0.3) is 0 Å². The van der Waals surface area contributed by atoms with E-state index in [0.717, 1.165) is 30.8 Å². The zero-order valence-corrected chi connectivity index (χ0v) is 14.4. The Bertz CT molecular complexity index is 670. The van der Waals surface area contributed by atoms with Gasteiger partial charge in [0, 0.05) is 44.0 Å². The van der Waals surface area contributed by atoms with Crippen LogP contribution in [0.2, 0.25) is 0 Å². The largest absolute Gasteiger partial charge is 0.487 e. The van der Waals surface area contributed by atoms with Gasteiger partial charge in [0.05, 0.1) is 5.69 Å². The van der Waals surface area contributed by atoms with Gasteiger partial charge < -0.3 is 4.74 Å². The third-order valence-electron chi connectivity index (χ3n) is 4.43. The summed E-state index contributed by atoms with van der Waals surface area (Å²) < 4.78 is 5.95. The highest BCUT2D eigenvalue weighted by Gasteiger charge is 2.29. The summed E-state index contributed by atoms with van der Waals surface area (Å²) in [6.07, 6.45) is 7.20. The molecule has 0 fully saturated rings. The maximum atomic E-state index is 5.95. The second-order valence-corrected chi connectivity index (χ2v) is 7.15. The lowest BCUT2D eigenvalue weighted by Crippen LogP contribution is -2.30. The molecule has 4 nitrogen and oxygen atoms in total. The summed E-state index contributed by atoms with van der Waals surface area (Å²) in [6.45, 7) is 7.44. The Morgan fingerprint density at radius 3 is 2.87 bits per heavy atom. The summed E-state index contributed by atoms with van der Waals surface area (Å²) in [7, 11) is 2.16. The highest BCUT2D eigenvalue weighted by molar-refractivity contribution is 5.41. The van der Waals surface area contributed by atoms with Crippen molar-refractivity contribution in [1.29, 1.82) is 0 Å². The first kappa shape index (κ1) is 15.9. The molecule has 1 atom stereocenters. The highest BCUT2D eigenvalue weighted by Crippen LogP contribution is 2.35. The Morgan fingerprint density at radius 2 is 2.13 bits per heavy atom. The van der Waals surface area contributed by atoms with Crippen LogP contribution in [0.15, 0.2) is 36.8 Å². The zero-order valence-electron chi connectivity index (χ0n) is 14.4. The summed E-state index contributed by atoms with van der Waals surface area (Å²) in [5.74, 6) is 1.04. The van der Waals surface area contributed by atoms with Crippen molar-refractivity contribution < 1.29 is 4.74 Å². The second-order valence-electron chi connectivity index (χ2n) is 7.15. The van der Waals surface area contributed by atoms with Crippen LogP contribution in [0.4, 0.5) is 0 Å². The van der Waals surface area contributed by atoms with Gasteiger partial charge in [0.25, 0.3) is 0 Å². The lowest BCUT2D eigenvalue weighted by atomic mass is 10.00. The number of likely N-dealkylation sites (N-methyl/N-ethyl adjacent to an activating group) is 1. The number of nitrogens with zero attached hydrogens (tertiary/aromatic N) is 3. The van der Waals surface area contributed by atoms with Gasteiger partial charge in [-0.1, -0.05) is 12.1 Å². The Morgan fingerprint density at radius 1 is 1.30 bits per heavy atom. The molecule has 1 aliphatic heterocycles. The van der Waals surface area contributed by atoms with E-state index in [1.54, 1.807) is 12.4 Å². The standard InChI is InChI=1S/C19H25N3O/c1-14(9-17-12-20-7-8-21-17)22(4)13-15-5-6-18-16(10-15)11-19(2,3)23-18/h5-8,10,12,14H,9,11,13H2,1-4H3. The highest BCUT2D eigenvalue weighted by atomic mass is 16.5. The van der Waals surface area contributed by atoms with E-state index >= 15 is 0 Å². The fraction of sp³-hybridized carbons (Fsp3) is 0.474. The molecule has 2 aromatic rings. The molecule has 2 heterocycles. The molecule has 4 heteroatoms. The molecular formula is C19H25N3O. The Hall–Kier alpha value is -1.94. The van der Waals surface area contributed by atoms with E-state index in [1.807, 2.05) is 6.20 Å². The average Bonchev–Trinajstić information content (AvgIpc) is 2.81. The van der Waals surface area contributed by atoms with Gasteiger partial charge in [0.1, 0.15) is 11.4 Å². The minimum absolute atomic E-state index is 0.0773. The van der Waals surface area contributed by atoms with Crippen molar-refractivity contribution in [3.8, 4) is 5.75 Å². The second kappa shape index (κ2) is 6.28. The summed E-state index contributed by atoms with van der Waals surface area (Å²) >= 11 is 0. The molecule has 23 heavy (non-hydrogen) atoms. The van der Waals surface area contributed by atoms with Gasteiger partial charge in [-0.05, 0) is 45.0 Å². The van der Waals surface area contributed by atoms with Gasteiger partial charge in [-0.2, -0.15) is 0 Å². The Labute approximate surface area is 138 Å². The van der Waals surface area contributed by atoms with E-state index in [1.165, 1.54) is 11.1 Å². The monoisotopic (exact) mass is 311 g/mol. The van der Waals surface area contributed by atoms with Crippen molar-refractivity contribution in [3.05, 3.63) is 53.6 Å². The lowest BCUT2D eigenvalue weighted by Gasteiger charge is -2.24. The average molecular weight is 311 g/mol. The number of aromatic nitrogens is 2. The summed E-state index contributed by atoms with van der Waals surface area (Å²) in [4.78, 5) is 10.9. The maximum absolute atomic E-state index is 5.95. The number of hydrogen-bond donors (Lipinski definition) is 0. The SMILES string of the molecule is CC(Cc1cnccn1)N(C)Cc1ccc2c(c1)CC(C)(C)O2. The predicted molar refractivity (Wildman–Crippen MR) is 91.5 cm³/mol. The van der Waals surface area contributed by atoms with Crippen molar-refractivity contribution in [2.24, 2.45) is 0 Å². The van der Waals surface area contributed by atoms with Gasteiger partial charge >= 0.3 is 0 Å². The third kappa shape index (κ3) is 3.88. The number of hydrogen-bond acceptors (Lipinski definition) is 4. The van der Waals surface area contributed by atoms with Gasteiger partial charge in [0.15, 0.2) is 0 Å². The maximum Gasteiger partial charge on any atom is 0.123 e. The van der Waals surface area contributed by atoms with Crippen molar-refractivity contribution in [1.82, 2.24) is 14.9 Å². The van der Waals surface area contributed by atoms with Gasteiger partial charge in [-0.25, -0.2) is 0 Å². The molecule has 0 saturated carbocycles. The molecule has 3 rings (SSSR count). The quantitative estimate of drug-likeness (QED) is 0.849. The molecule has 0 bridgehead atoms. The van der Waals surface area contributed by atoms with Crippen LogP contribution >= 0.6 is 0 Å². The summed E-state index contributed by atoms with van der Waals surface area (Å²) in [5.41, 5.74) is 3.61. The van der Waals surface area contributed by atoms with E-state index in [-0.39, 0.29) is 5.60 Å². The van der Waals surface area contributed by atoms with E-state index in [0.29, 0.717) is 6.04 Å². The number of ether oxygens (including phenoxy) is 1. The molecular weight excluding hydrogens is 286 g/mol. The fourth-order valence-electron chi connectivity index (χ4n) is 3.10. The van der Waals surface area contributed by atoms with E-state index in [4.69, 9.17) is 4.74 Å². The first-order chi connectivity index (χ1) is 10.9. The van der Waals surface area contributed by atoms with Crippen LogP contribution in [0.1, 0.15) is 37.6 Å². The smallest absolute Gasteiger partial charge is 0.123 e. The Kier molecular flexibility index (Phi) is 4.35. The van der Waals surface area contributed by atoms with Gasteiger partial charge in [-0.15, -0.1) is 0 Å². The molecule has 0 radical (unpaired) electrons. The summed E-state index contributed by atoms with van der Waals surface area (Å²) in [5, 5.41) is 0. The van der Waals surface area contributed by atoms with Crippen LogP contribution in [0.5, 0.6) is 5.75 Å². The molecule has 0 saturated heterocycles. The third-order valence-corrected chi connectivity index (χ3v) is 4.43. The first-order valence-corrected chi connectivity index (χ1v) is 8.19. The van der Waals surface area contributed by atoms with Crippen molar-refractivity contribution in [2.45, 2.75) is 51.8 Å². The predicted octanol–water partition coefficient (Wildman–Crippen LogP) is 3.25. The van der Waals surface area contributed by atoms with Gasteiger partial charge in [0.2, 0.25) is 0 Å². The lowest BCUT2D eigenvalue weighted by molar-refractivity contribution is 0.138. The molecule has 0 spiro atoms. The number of fused-ring (bicyclic) bond motifs is 1. The fourth-order valence-corrected chi connectivity index (χ4v) is 3.10. The van der Waals surface area contributed by atoms with Crippen molar-refractivity contribution >= 4 is 0 Å². The first-order valence-electron chi connectivity index (χ1n) is 8.19. The molecule has 1 aliphatic rings. The van der Waals surface area contributed by atoms with Crippen LogP contribution < -0.4 is 4.74 Å². The van der Waals surface area contributed by atoms with E-state index in [9.17, 15) is 0 Å². The van der Waals surface area contributed by atoms with Gasteiger partial charge in [-0.3, -0.25) is 14.9 Å². The van der Waals surface area contributed by atoms with E-state index < -0.39 is 0 Å². The molecule has 0 aliphatic carbocycles. The zero-order chi connectivity index (χ0) is 16.4. The van der Waals surface area contributed by atoms with Crippen LogP contribution in [0.3, 0.4) is 0 Å². The minimum atomic E-state index is -0.0773. The van der Waals surface area contributed by atoms with Crippen molar-refractivity contribution in [3.63, 3.8) is 0 Å². The molecule has 0 N–H and O–H groups in total. The van der Waals surface area contributed by atoms with Crippen molar-refractivity contribution in [2.75, 3.05) is 7.05 Å². The summed E-state index contributed by atoms with van der Waals surface area (Å²) in [6, 6.07) is 6.98. The molecule has 1 aromatic heterocycles. The number of benzene rings is 1.